The lowest BCUT2D eigenvalue weighted by molar-refractivity contribution is -0.137. The zero-order valence-corrected chi connectivity index (χ0v) is 14.8. The minimum atomic E-state index is -1.17. The fourth-order valence-electron chi connectivity index (χ4n) is 3.12. The van der Waals surface area contributed by atoms with Crippen molar-refractivity contribution < 1.29 is 14.6 Å². The molecule has 1 N–H and O–H groups in total. The molecule has 0 aromatic heterocycles. The quantitative estimate of drug-likeness (QED) is 0.840. The van der Waals surface area contributed by atoms with Crippen molar-refractivity contribution in [3.8, 4) is 5.75 Å². The predicted molar refractivity (Wildman–Crippen MR) is 97.2 cm³/mol. The number of rotatable bonds is 7. The van der Waals surface area contributed by atoms with Crippen LogP contribution in [0.15, 0.2) is 54.6 Å². The smallest absolute Gasteiger partial charge is 0.226 e. The number of benzene rings is 2. The molecule has 0 saturated heterocycles. The molecule has 1 atom stereocenters. The largest absolute Gasteiger partial charge is 0.496 e. The molecule has 0 radical (unpaired) electrons. The molecule has 1 aliphatic rings. The lowest BCUT2D eigenvalue weighted by Gasteiger charge is -2.29. The number of hydrogen-bond donors (Lipinski definition) is 1. The zero-order chi connectivity index (χ0) is 17.9. The van der Waals surface area contributed by atoms with Gasteiger partial charge in [-0.05, 0) is 31.4 Å². The van der Waals surface area contributed by atoms with Gasteiger partial charge in [0.05, 0.1) is 19.1 Å². The Balaban J connectivity index is 1.76. The van der Waals surface area contributed by atoms with Gasteiger partial charge in [-0.25, -0.2) is 0 Å². The van der Waals surface area contributed by atoms with Gasteiger partial charge in [0.25, 0.3) is 0 Å². The first kappa shape index (κ1) is 17.5. The van der Waals surface area contributed by atoms with Crippen molar-refractivity contribution in [2.75, 3.05) is 7.11 Å². The van der Waals surface area contributed by atoms with Crippen molar-refractivity contribution in [3.63, 3.8) is 0 Å². The van der Waals surface area contributed by atoms with Crippen molar-refractivity contribution in [1.29, 1.82) is 0 Å². The van der Waals surface area contributed by atoms with E-state index in [-0.39, 0.29) is 18.4 Å². The van der Waals surface area contributed by atoms with Crippen LogP contribution < -0.4 is 4.74 Å². The molecule has 0 heterocycles. The predicted octanol–water partition coefficient (Wildman–Crippen LogP) is 3.48. The third kappa shape index (κ3) is 4.20. The molecule has 1 aliphatic carbocycles. The summed E-state index contributed by atoms with van der Waals surface area (Å²) in [7, 11) is 1.64. The molecule has 1 unspecified atom stereocenters. The van der Waals surface area contributed by atoms with Crippen LogP contribution in [0.4, 0.5) is 0 Å². The molecular weight excluding hydrogens is 314 g/mol. The fraction of sp³-hybridized carbons (Fsp3) is 0.381. The van der Waals surface area contributed by atoms with Gasteiger partial charge in [0.1, 0.15) is 5.75 Å². The van der Waals surface area contributed by atoms with Gasteiger partial charge in [-0.15, -0.1) is 0 Å². The summed E-state index contributed by atoms with van der Waals surface area (Å²) < 4.78 is 5.41. The highest BCUT2D eigenvalue weighted by Gasteiger charge is 2.36. The maximum absolute atomic E-state index is 12.9. The van der Waals surface area contributed by atoms with Gasteiger partial charge in [0.2, 0.25) is 5.91 Å². The number of aliphatic hydroxyl groups is 1. The standard InChI is InChI=1S/C21H25NO3/c1-21(24,17-9-4-3-5-10-17)14-20(23)22(18-12-13-18)15-16-8-6-7-11-19(16)25-2/h3-11,18,24H,12-15H2,1-2H3. The SMILES string of the molecule is COc1ccccc1CN(C(=O)CC(C)(O)c1ccccc1)C1CC1. The van der Waals surface area contributed by atoms with Crippen molar-refractivity contribution in [2.24, 2.45) is 0 Å². The number of nitrogens with zero attached hydrogens (tertiary/aromatic N) is 1. The summed E-state index contributed by atoms with van der Waals surface area (Å²) in [5, 5.41) is 10.8. The fourth-order valence-corrected chi connectivity index (χ4v) is 3.12. The summed E-state index contributed by atoms with van der Waals surface area (Å²) in [5.74, 6) is 0.762. The summed E-state index contributed by atoms with van der Waals surface area (Å²) in [4.78, 5) is 14.8. The van der Waals surface area contributed by atoms with Crippen LogP contribution in [-0.4, -0.2) is 29.1 Å². The average Bonchev–Trinajstić information content (AvgIpc) is 3.45. The molecule has 4 nitrogen and oxygen atoms in total. The van der Waals surface area contributed by atoms with Crippen LogP contribution in [-0.2, 0) is 16.9 Å². The Bertz CT molecular complexity index is 723. The van der Waals surface area contributed by atoms with Gasteiger partial charge in [0, 0.05) is 18.2 Å². The topological polar surface area (TPSA) is 49.8 Å². The van der Waals surface area contributed by atoms with Gasteiger partial charge < -0.3 is 14.7 Å². The summed E-state index contributed by atoms with van der Waals surface area (Å²) in [5.41, 5.74) is 0.577. The lowest BCUT2D eigenvalue weighted by Crippen LogP contribution is -2.37. The number of amides is 1. The van der Waals surface area contributed by atoms with Crippen LogP contribution in [0.3, 0.4) is 0 Å². The van der Waals surface area contributed by atoms with E-state index in [1.807, 2.05) is 59.5 Å². The van der Waals surface area contributed by atoms with Gasteiger partial charge in [-0.3, -0.25) is 4.79 Å². The van der Waals surface area contributed by atoms with Gasteiger partial charge in [-0.2, -0.15) is 0 Å². The van der Waals surface area contributed by atoms with Gasteiger partial charge in [0.15, 0.2) is 0 Å². The number of methoxy groups -OCH3 is 1. The third-order valence-electron chi connectivity index (χ3n) is 4.73. The van der Waals surface area contributed by atoms with E-state index in [1.54, 1.807) is 14.0 Å². The van der Waals surface area contributed by atoms with Crippen LogP contribution in [0.5, 0.6) is 5.75 Å². The molecule has 2 aromatic rings. The monoisotopic (exact) mass is 339 g/mol. The molecule has 1 amide bonds. The highest BCUT2D eigenvalue weighted by Crippen LogP contribution is 2.33. The summed E-state index contributed by atoms with van der Waals surface area (Å²) >= 11 is 0. The number of hydrogen-bond acceptors (Lipinski definition) is 3. The normalized spacial score (nSPS) is 16.1. The second kappa shape index (κ2) is 7.28. The first-order valence-corrected chi connectivity index (χ1v) is 8.70. The number of carbonyl (C=O) groups excluding carboxylic acids is 1. The molecule has 2 aromatic carbocycles. The van der Waals surface area contributed by atoms with Crippen molar-refractivity contribution in [1.82, 2.24) is 4.90 Å². The van der Waals surface area contributed by atoms with Gasteiger partial charge >= 0.3 is 0 Å². The van der Waals surface area contributed by atoms with E-state index in [2.05, 4.69) is 0 Å². The van der Waals surface area contributed by atoms with Crippen molar-refractivity contribution >= 4 is 5.91 Å². The van der Waals surface area contributed by atoms with E-state index in [0.29, 0.717) is 6.54 Å². The molecular formula is C21H25NO3. The Morgan fingerprint density at radius 3 is 2.44 bits per heavy atom. The number of ether oxygens (including phenoxy) is 1. The van der Waals surface area contributed by atoms with E-state index in [0.717, 1.165) is 29.7 Å². The van der Waals surface area contributed by atoms with Crippen LogP contribution in [0, 0.1) is 0 Å². The highest BCUT2D eigenvalue weighted by molar-refractivity contribution is 5.78. The van der Waals surface area contributed by atoms with E-state index >= 15 is 0 Å². The molecule has 3 rings (SSSR count). The zero-order valence-electron chi connectivity index (χ0n) is 14.8. The van der Waals surface area contributed by atoms with E-state index in [9.17, 15) is 9.90 Å². The molecule has 1 saturated carbocycles. The number of carbonyl (C=O) groups is 1. The van der Waals surface area contributed by atoms with Gasteiger partial charge in [-0.1, -0.05) is 48.5 Å². The maximum Gasteiger partial charge on any atom is 0.226 e. The highest BCUT2D eigenvalue weighted by atomic mass is 16.5. The lowest BCUT2D eigenvalue weighted by atomic mass is 9.92. The molecule has 1 fully saturated rings. The van der Waals surface area contributed by atoms with E-state index < -0.39 is 5.60 Å². The van der Waals surface area contributed by atoms with Crippen LogP contribution in [0.25, 0.3) is 0 Å². The summed E-state index contributed by atoms with van der Waals surface area (Å²) in [6.45, 7) is 2.22. The second-order valence-corrected chi connectivity index (χ2v) is 6.88. The molecule has 0 bridgehead atoms. The Kier molecular flexibility index (Phi) is 5.09. The van der Waals surface area contributed by atoms with Crippen molar-refractivity contribution in [3.05, 3.63) is 65.7 Å². The Labute approximate surface area is 149 Å². The minimum Gasteiger partial charge on any atom is -0.496 e. The second-order valence-electron chi connectivity index (χ2n) is 6.88. The molecule has 0 aliphatic heterocycles. The number of para-hydroxylation sites is 1. The van der Waals surface area contributed by atoms with E-state index in [1.165, 1.54) is 0 Å². The third-order valence-corrected chi connectivity index (χ3v) is 4.73. The average molecular weight is 339 g/mol. The Morgan fingerprint density at radius 1 is 1.16 bits per heavy atom. The molecule has 4 heteroatoms. The first-order valence-electron chi connectivity index (χ1n) is 8.70. The molecule has 0 spiro atoms. The summed E-state index contributed by atoms with van der Waals surface area (Å²) in [6, 6.07) is 17.4. The van der Waals surface area contributed by atoms with Crippen LogP contribution in [0.2, 0.25) is 0 Å². The van der Waals surface area contributed by atoms with Crippen molar-refractivity contribution in [2.45, 2.75) is 44.4 Å². The van der Waals surface area contributed by atoms with Crippen LogP contribution >= 0.6 is 0 Å². The summed E-state index contributed by atoms with van der Waals surface area (Å²) in [6.07, 6.45) is 2.12. The molecule has 132 valence electrons. The first-order chi connectivity index (χ1) is 12.0. The Morgan fingerprint density at radius 2 is 1.80 bits per heavy atom. The van der Waals surface area contributed by atoms with E-state index in [4.69, 9.17) is 4.74 Å². The van der Waals surface area contributed by atoms with Crippen LogP contribution in [0.1, 0.15) is 37.3 Å². The minimum absolute atomic E-state index is 0.0257. The molecule has 25 heavy (non-hydrogen) atoms. The Hall–Kier alpha value is -2.33. The maximum atomic E-state index is 12.9.